The Morgan fingerprint density at radius 1 is 1.45 bits per heavy atom. The largest absolute Gasteiger partial charge is 0.381 e. The molecular weight excluding hydrogens is 252 g/mol. The number of ether oxygens (including phenoxy) is 1. The van der Waals surface area contributed by atoms with Gasteiger partial charge in [0.05, 0.1) is 12.1 Å². The quantitative estimate of drug-likeness (QED) is 0.898. The molecular formula is C15H26N4O. The lowest BCUT2D eigenvalue weighted by Crippen LogP contribution is -2.63. The zero-order valence-corrected chi connectivity index (χ0v) is 12.8. The Kier molecular flexibility index (Phi) is 3.82. The summed E-state index contributed by atoms with van der Waals surface area (Å²) in [5.74, 6) is 1.11. The van der Waals surface area contributed by atoms with Gasteiger partial charge in [-0.3, -0.25) is 0 Å². The summed E-state index contributed by atoms with van der Waals surface area (Å²) in [6.45, 7) is 5.57. The van der Waals surface area contributed by atoms with Crippen LogP contribution in [0.2, 0.25) is 0 Å². The predicted octanol–water partition coefficient (Wildman–Crippen LogP) is 2.30. The lowest BCUT2D eigenvalue weighted by molar-refractivity contribution is -0.127. The summed E-state index contributed by atoms with van der Waals surface area (Å²) in [6.07, 6.45) is 7.87. The monoisotopic (exact) mass is 278 g/mol. The van der Waals surface area contributed by atoms with Gasteiger partial charge in [0, 0.05) is 25.1 Å². The molecule has 5 heteroatoms. The Morgan fingerprint density at radius 3 is 2.95 bits per heavy atom. The molecule has 1 fully saturated rings. The highest BCUT2D eigenvalue weighted by Gasteiger charge is 2.53. The van der Waals surface area contributed by atoms with Crippen LogP contribution in [0.4, 0.5) is 0 Å². The van der Waals surface area contributed by atoms with Crippen molar-refractivity contribution in [1.82, 2.24) is 20.1 Å². The number of nitrogens with zero attached hydrogens (tertiary/aromatic N) is 3. The van der Waals surface area contributed by atoms with Gasteiger partial charge in [-0.2, -0.15) is 5.10 Å². The summed E-state index contributed by atoms with van der Waals surface area (Å²) in [5.41, 5.74) is 0.289. The van der Waals surface area contributed by atoms with Gasteiger partial charge in [-0.25, -0.2) is 9.67 Å². The minimum absolute atomic E-state index is 0.289. The van der Waals surface area contributed by atoms with Crippen LogP contribution in [0.3, 0.4) is 0 Å². The summed E-state index contributed by atoms with van der Waals surface area (Å²) < 4.78 is 7.73. The van der Waals surface area contributed by atoms with Crippen molar-refractivity contribution >= 4 is 0 Å². The molecule has 1 aromatic rings. The van der Waals surface area contributed by atoms with E-state index in [-0.39, 0.29) is 5.41 Å². The minimum atomic E-state index is 0.289. The van der Waals surface area contributed by atoms with E-state index < -0.39 is 0 Å². The van der Waals surface area contributed by atoms with Crippen LogP contribution in [0, 0.1) is 5.41 Å². The third-order valence-electron chi connectivity index (χ3n) is 5.61. The molecule has 0 radical (unpaired) electrons. The maximum Gasteiger partial charge on any atom is 0.143 e. The molecule has 0 unspecified atom stereocenters. The minimum Gasteiger partial charge on any atom is -0.381 e. The molecule has 3 atom stereocenters. The molecule has 0 bridgehead atoms. The number of hydrogen-bond donors (Lipinski definition) is 1. The molecule has 0 spiro atoms. The molecule has 1 N–H and O–H groups in total. The maximum atomic E-state index is 5.68. The van der Waals surface area contributed by atoms with E-state index in [9.17, 15) is 0 Å². The number of fused-ring (bicyclic) bond motifs is 1. The lowest BCUT2D eigenvalue weighted by atomic mass is 9.58. The summed E-state index contributed by atoms with van der Waals surface area (Å²) in [5, 5.41) is 8.16. The van der Waals surface area contributed by atoms with Crippen LogP contribution in [0.5, 0.6) is 0 Å². The van der Waals surface area contributed by atoms with Crippen LogP contribution in [0.15, 0.2) is 6.33 Å². The summed E-state index contributed by atoms with van der Waals surface area (Å²) in [6, 6.07) is 0.891. The van der Waals surface area contributed by atoms with E-state index in [2.05, 4.69) is 29.2 Å². The third-order valence-corrected chi connectivity index (χ3v) is 5.61. The third kappa shape index (κ3) is 1.99. The van der Waals surface area contributed by atoms with Gasteiger partial charge in [0.25, 0.3) is 0 Å². The normalized spacial score (nSPS) is 31.6. The van der Waals surface area contributed by atoms with E-state index in [1.54, 1.807) is 6.33 Å². The van der Waals surface area contributed by atoms with E-state index in [1.807, 2.05) is 11.8 Å². The van der Waals surface area contributed by atoms with Crippen LogP contribution < -0.4 is 5.32 Å². The van der Waals surface area contributed by atoms with Gasteiger partial charge in [-0.05, 0) is 32.1 Å². The van der Waals surface area contributed by atoms with Crippen molar-refractivity contribution in [1.29, 1.82) is 0 Å². The zero-order chi connectivity index (χ0) is 14.2. The summed E-state index contributed by atoms with van der Waals surface area (Å²) in [4.78, 5) is 4.45. The summed E-state index contributed by atoms with van der Waals surface area (Å²) >= 11 is 0. The first-order valence-electron chi connectivity index (χ1n) is 7.91. The fourth-order valence-corrected chi connectivity index (χ4v) is 4.20. The van der Waals surface area contributed by atoms with Crippen molar-refractivity contribution in [2.45, 2.75) is 70.7 Å². The summed E-state index contributed by atoms with van der Waals surface area (Å²) in [7, 11) is 1.85. The van der Waals surface area contributed by atoms with Gasteiger partial charge in [-0.1, -0.05) is 13.8 Å². The van der Waals surface area contributed by atoms with E-state index >= 15 is 0 Å². The number of nitrogens with one attached hydrogen (secondary N) is 1. The van der Waals surface area contributed by atoms with Gasteiger partial charge >= 0.3 is 0 Å². The van der Waals surface area contributed by atoms with E-state index in [1.165, 1.54) is 19.3 Å². The Balaban J connectivity index is 1.73. The first kappa shape index (κ1) is 14.0. The Bertz CT molecular complexity index is 454. The van der Waals surface area contributed by atoms with Gasteiger partial charge < -0.3 is 10.1 Å². The molecule has 1 aromatic heterocycles. The molecule has 20 heavy (non-hydrogen) atoms. The second kappa shape index (κ2) is 5.45. The van der Waals surface area contributed by atoms with Gasteiger partial charge in [-0.15, -0.1) is 0 Å². The number of rotatable bonds is 5. The van der Waals surface area contributed by atoms with Crippen molar-refractivity contribution in [3.8, 4) is 0 Å². The molecule has 0 amide bonds. The molecule has 0 aromatic carbocycles. The highest BCUT2D eigenvalue weighted by atomic mass is 16.5. The van der Waals surface area contributed by atoms with Gasteiger partial charge in [0.2, 0.25) is 0 Å². The predicted molar refractivity (Wildman–Crippen MR) is 77.3 cm³/mol. The topological polar surface area (TPSA) is 52.0 Å². The molecule has 5 nitrogen and oxygen atoms in total. The smallest absolute Gasteiger partial charge is 0.143 e. The van der Waals surface area contributed by atoms with Crippen LogP contribution >= 0.6 is 0 Å². The van der Waals surface area contributed by atoms with Gasteiger partial charge in [0.1, 0.15) is 12.2 Å². The molecule has 112 valence electrons. The van der Waals surface area contributed by atoms with Crippen LogP contribution in [-0.2, 0) is 11.3 Å². The van der Waals surface area contributed by atoms with Crippen molar-refractivity contribution in [2.75, 3.05) is 7.11 Å². The van der Waals surface area contributed by atoms with Crippen LogP contribution in [0.25, 0.3) is 0 Å². The van der Waals surface area contributed by atoms with Crippen LogP contribution in [0.1, 0.15) is 57.8 Å². The Morgan fingerprint density at radius 2 is 2.25 bits per heavy atom. The maximum absolute atomic E-state index is 5.68. The first-order chi connectivity index (χ1) is 9.75. The average molecular weight is 278 g/mol. The van der Waals surface area contributed by atoms with E-state index in [0.29, 0.717) is 18.2 Å². The molecule has 2 aliphatic rings. The highest BCUT2D eigenvalue weighted by Crippen LogP contribution is 2.49. The number of methoxy groups -OCH3 is 1. The molecule has 3 rings (SSSR count). The van der Waals surface area contributed by atoms with Crippen molar-refractivity contribution < 1.29 is 4.74 Å². The average Bonchev–Trinajstić information content (AvgIpc) is 2.93. The molecule has 0 saturated heterocycles. The van der Waals surface area contributed by atoms with E-state index in [4.69, 9.17) is 4.74 Å². The number of aromatic nitrogens is 3. The molecule has 2 heterocycles. The number of aryl methyl sites for hydroxylation is 1. The SMILES string of the molecule is CCC1(CC)[C@@H](OC)C[C@H]1N[C@H]1CCCn2ncnc21. The Labute approximate surface area is 121 Å². The second-order valence-corrected chi connectivity index (χ2v) is 6.16. The first-order valence-corrected chi connectivity index (χ1v) is 7.91. The van der Waals surface area contributed by atoms with E-state index in [0.717, 1.165) is 25.2 Å². The lowest BCUT2D eigenvalue weighted by Gasteiger charge is -2.56. The Hall–Kier alpha value is -0.940. The fourth-order valence-electron chi connectivity index (χ4n) is 4.20. The molecule has 1 aliphatic heterocycles. The van der Waals surface area contributed by atoms with Crippen LogP contribution in [-0.4, -0.2) is 34.0 Å². The zero-order valence-electron chi connectivity index (χ0n) is 12.8. The van der Waals surface area contributed by atoms with Crippen molar-refractivity contribution in [3.63, 3.8) is 0 Å². The standard InChI is InChI=1S/C15H26N4O/c1-4-15(5-2)12(9-13(15)20-3)18-11-7-6-8-19-14(11)16-10-17-19/h10-13,18H,4-9H2,1-3H3/t11-,12+,13-/m0/s1. The molecule has 1 saturated carbocycles. The van der Waals surface area contributed by atoms with Crippen molar-refractivity contribution in [3.05, 3.63) is 12.2 Å². The molecule has 1 aliphatic carbocycles. The number of hydrogen-bond acceptors (Lipinski definition) is 4. The fraction of sp³-hybridized carbons (Fsp3) is 0.867. The highest BCUT2D eigenvalue weighted by molar-refractivity contribution is 5.09. The van der Waals surface area contributed by atoms with Gasteiger partial charge in [0.15, 0.2) is 0 Å². The second-order valence-electron chi connectivity index (χ2n) is 6.16. The van der Waals surface area contributed by atoms with Crippen molar-refractivity contribution in [2.24, 2.45) is 5.41 Å².